The Bertz CT molecular complexity index is 415. The van der Waals surface area contributed by atoms with Crippen LogP contribution in [0.5, 0.6) is 0 Å². The summed E-state index contributed by atoms with van der Waals surface area (Å²) in [6.45, 7) is 5.45. The number of hydrogen-bond donors (Lipinski definition) is 2. The first-order chi connectivity index (χ1) is 10.1. The molecule has 10 heteroatoms. The zero-order chi connectivity index (χ0) is 15.6. The van der Waals surface area contributed by atoms with E-state index in [1.165, 1.54) is 0 Å². The van der Waals surface area contributed by atoms with E-state index in [1.54, 1.807) is 23.1 Å². The summed E-state index contributed by atoms with van der Waals surface area (Å²) in [6.07, 6.45) is 0. The molecule has 1 aliphatic heterocycles. The van der Waals surface area contributed by atoms with Gasteiger partial charge in [-0.05, 0) is 6.92 Å². The van der Waals surface area contributed by atoms with Gasteiger partial charge in [-0.1, -0.05) is 0 Å². The number of thioether (sulfide) groups is 1. The van der Waals surface area contributed by atoms with Crippen LogP contribution in [0.4, 0.5) is 0 Å². The minimum absolute atomic E-state index is 0. The molecule has 0 amide bonds. The van der Waals surface area contributed by atoms with Gasteiger partial charge in [0, 0.05) is 51.3 Å². The molecule has 0 aliphatic carbocycles. The van der Waals surface area contributed by atoms with Crippen molar-refractivity contribution >= 4 is 51.7 Å². The van der Waals surface area contributed by atoms with Crippen LogP contribution in [0, 0.1) is 0 Å². The molecule has 132 valence electrons. The average Bonchev–Trinajstić information content (AvgIpc) is 2.50. The molecule has 22 heavy (non-hydrogen) atoms. The standard InChI is InChI=1S/C12H26N4O3S2.HI/c1-3-19-8-4-14-12(13-2)15-5-11-21(17,18)16-6-9-20-10-7-16;/h3-11H2,1-2H3,(H2,13,14,15);1H. The highest BCUT2D eigenvalue weighted by molar-refractivity contribution is 14.0. The molecule has 0 radical (unpaired) electrons. The normalized spacial score (nSPS) is 16.9. The fourth-order valence-electron chi connectivity index (χ4n) is 1.86. The Morgan fingerprint density at radius 1 is 1.27 bits per heavy atom. The van der Waals surface area contributed by atoms with E-state index < -0.39 is 10.0 Å². The molecule has 0 atom stereocenters. The van der Waals surface area contributed by atoms with Crippen molar-refractivity contribution in [2.24, 2.45) is 4.99 Å². The van der Waals surface area contributed by atoms with Crippen molar-refractivity contribution < 1.29 is 13.2 Å². The van der Waals surface area contributed by atoms with Gasteiger partial charge in [0.15, 0.2) is 5.96 Å². The van der Waals surface area contributed by atoms with E-state index in [0.29, 0.717) is 45.4 Å². The van der Waals surface area contributed by atoms with Gasteiger partial charge in [0.1, 0.15) is 0 Å². The molecular formula is C12H27IN4O3S2. The zero-order valence-corrected chi connectivity index (χ0v) is 17.2. The van der Waals surface area contributed by atoms with Crippen molar-refractivity contribution in [3.63, 3.8) is 0 Å². The van der Waals surface area contributed by atoms with Crippen LogP contribution < -0.4 is 10.6 Å². The molecule has 0 saturated carbocycles. The predicted octanol–water partition coefficient (Wildman–Crippen LogP) is 0.185. The minimum atomic E-state index is -3.17. The van der Waals surface area contributed by atoms with E-state index in [4.69, 9.17) is 4.74 Å². The predicted molar refractivity (Wildman–Crippen MR) is 104 cm³/mol. The summed E-state index contributed by atoms with van der Waals surface area (Å²) in [5, 5.41) is 6.09. The number of halogens is 1. The lowest BCUT2D eigenvalue weighted by atomic mass is 10.6. The van der Waals surface area contributed by atoms with Gasteiger partial charge >= 0.3 is 0 Å². The van der Waals surface area contributed by atoms with E-state index in [0.717, 1.165) is 11.5 Å². The summed E-state index contributed by atoms with van der Waals surface area (Å²) in [6, 6.07) is 0. The fraction of sp³-hybridized carbons (Fsp3) is 0.917. The van der Waals surface area contributed by atoms with Crippen LogP contribution in [0.15, 0.2) is 4.99 Å². The monoisotopic (exact) mass is 466 g/mol. The molecule has 0 bridgehead atoms. The smallest absolute Gasteiger partial charge is 0.215 e. The number of ether oxygens (including phenoxy) is 1. The van der Waals surface area contributed by atoms with Crippen LogP contribution >= 0.6 is 35.7 Å². The Morgan fingerprint density at radius 2 is 1.91 bits per heavy atom. The van der Waals surface area contributed by atoms with Gasteiger partial charge in [-0.3, -0.25) is 4.99 Å². The van der Waals surface area contributed by atoms with Gasteiger partial charge in [0.2, 0.25) is 10.0 Å². The molecule has 1 fully saturated rings. The van der Waals surface area contributed by atoms with E-state index in [9.17, 15) is 8.42 Å². The summed E-state index contributed by atoms with van der Waals surface area (Å²) >= 11 is 1.80. The Kier molecular flexibility index (Phi) is 12.7. The number of rotatable bonds is 8. The van der Waals surface area contributed by atoms with E-state index in [2.05, 4.69) is 15.6 Å². The Morgan fingerprint density at radius 3 is 2.50 bits per heavy atom. The number of aliphatic imine (C=N–C) groups is 1. The van der Waals surface area contributed by atoms with Crippen LogP contribution in [-0.2, 0) is 14.8 Å². The van der Waals surface area contributed by atoms with Gasteiger partial charge in [-0.15, -0.1) is 24.0 Å². The molecule has 1 saturated heterocycles. The second kappa shape index (κ2) is 12.6. The summed E-state index contributed by atoms with van der Waals surface area (Å²) in [4.78, 5) is 4.04. The van der Waals surface area contributed by atoms with E-state index in [1.807, 2.05) is 6.92 Å². The summed E-state index contributed by atoms with van der Waals surface area (Å²) < 4.78 is 31.1. The maximum atomic E-state index is 12.2. The molecule has 7 nitrogen and oxygen atoms in total. The Labute approximate surface area is 155 Å². The molecule has 1 aliphatic rings. The zero-order valence-electron chi connectivity index (χ0n) is 13.2. The van der Waals surface area contributed by atoms with Crippen molar-refractivity contribution in [1.29, 1.82) is 0 Å². The number of hydrogen-bond acceptors (Lipinski definition) is 5. The van der Waals surface area contributed by atoms with Gasteiger partial charge in [-0.2, -0.15) is 11.8 Å². The van der Waals surface area contributed by atoms with Gasteiger partial charge in [0.05, 0.1) is 12.4 Å². The van der Waals surface area contributed by atoms with Crippen molar-refractivity contribution in [3.8, 4) is 0 Å². The average molecular weight is 466 g/mol. The molecule has 1 rings (SSSR count). The largest absolute Gasteiger partial charge is 0.380 e. The molecule has 2 N–H and O–H groups in total. The second-order valence-electron chi connectivity index (χ2n) is 4.45. The quantitative estimate of drug-likeness (QED) is 0.230. The SMILES string of the molecule is CCOCCNC(=NC)NCCS(=O)(=O)N1CCSCC1.I. The third-order valence-electron chi connectivity index (χ3n) is 2.98. The minimum Gasteiger partial charge on any atom is -0.380 e. The van der Waals surface area contributed by atoms with Crippen LogP contribution in [0.1, 0.15) is 6.92 Å². The molecule has 0 spiro atoms. The molecule has 1 heterocycles. The first-order valence-electron chi connectivity index (χ1n) is 7.18. The third kappa shape index (κ3) is 8.75. The van der Waals surface area contributed by atoms with Crippen molar-refractivity contribution in [2.75, 3.05) is 63.7 Å². The lowest BCUT2D eigenvalue weighted by molar-refractivity contribution is 0.152. The third-order valence-corrected chi connectivity index (χ3v) is 5.80. The van der Waals surface area contributed by atoms with E-state index in [-0.39, 0.29) is 29.7 Å². The molecule has 0 aromatic heterocycles. The summed E-state index contributed by atoms with van der Waals surface area (Å²) in [5.74, 6) is 2.45. The van der Waals surface area contributed by atoms with Crippen LogP contribution in [0.25, 0.3) is 0 Å². The van der Waals surface area contributed by atoms with Crippen LogP contribution in [-0.4, -0.2) is 82.4 Å². The second-order valence-corrected chi connectivity index (χ2v) is 7.76. The van der Waals surface area contributed by atoms with Crippen molar-refractivity contribution in [2.45, 2.75) is 6.92 Å². The summed E-state index contributed by atoms with van der Waals surface area (Å²) in [7, 11) is -1.51. The highest BCUT2D eigenvalue weighted by Crippen LogP contribution is 2.12. The van der Waals surface area contributed by atoms with Crippen molar-refractivity contribution in [3.05, 3.63) is 0 Å². The lowest BCUT2D eigenvalue weighted by Crippen LogP contribution is -2.44. The molecule has 0 aromatic carbocycles. The highest BCUT2D eigenvalue weighted by atomic mass is 127. The van der Waals surface area contributed by atoms with Crippen LogP contribution in [0.3, 0.4) is 0 Å². The highest BCUT2D eigenvalue weighted by Gasteiger charge is 2.23. The van der Waals surface area contributed by atoms with Gasteiger partial charge in [-0.25, -0.2) is 12.7 Å². The van der Waals surface area contributed by atoms with Gasteiger partial charge < -0.3 is 15.4 Å². The molecule has 0 unspecified atom stereocenters. The van der Waals surface area contributed by atoms with Crippen molar-refractivity contribution in [1.82, 2.24) is 14.9 Å². The number of sulfonamides is 1. The first kappa shape index (κ1) is 22.2. The fourth-order valence-corrected chi connectivity index (χ4v) is 4.35. The Hall–Kier alpha value is 0.220. The Balaban J connectivity index is 0.00000441. The lowest BCUT2D eigenvalue weighted by Gasteiger charge is -2.25. The first-order valence-corrected chi connectivity index (χ1v) is 9.94. The van der Waals surface area contributed by atoms with Crippen LogP contribution in [0.2, 0.25) is 0 Å². The molecule has 0 aromatic rings. The molecular weight excluding hydrogens is 439 g/mol. The maximum Gasteiger partial charge on any atom is 0.215 e. The number of nitrogens with zero attached hydrogens (tertiary/aromatic N) is 2. The maximum absolute atomic E-state index is 12.2. The number of nitrogens with one attached hydrogen (secondary N) is 2. The van der Waals surface area contributed by atoms with Gasteiger partial charge in [0.25, 0.3) is 0 Å². The van der Waals surface area contributed by atoms with E-state index >= 15 is 0 Å². The number of guanidine groups is 1. The topological polar surface area (TPSA) is 83.0 Å². The summed E-state index contributed by atoms with van der Waals surface area (Å²) in [5.41, 5.74) is 0.